The molecule has 0 radical (unpaired) electrons. The number of ether oxygens (including phenoxy) is 1. The van der Waals surface area contributed by atoms with Crippen molar-refractivity contribution in [2.75, 3.05) is 11.9 Å². The van der Waals surface area contributed by atoms with Crippen molar-refractivity contribution in [3.8, 4) is 5.75 Å². The highest BCUT2D eigenvalue weighted by atomic mass is 79.9. The molecule has 0 saturated carbocycles. The van der Waals surface area contributed by atoms with Crippen LogP contribution in [0.4, 0.5) is 5.69 Å². The van der Waals surface area contributed by atoms with E-state index in [1.54, 1.807) is 0 Å². The molecule has 1 aliphatic carbocycles. The standard InChI is InChI=1S/C20H20BrNO/c1-2-23-14-11-9-13(10-12-14)19-16-6-3-5-15(16)17-7-4-8-18(21)20(17)22-19/h3-5,7-12,15-16,19,22H,2,6H2,1H3. The highest BCUT2D eigenvalue weighted by Crippen LogP contribution is 2.51. The second kappa shape index (κ2) is 6.04. The van der Waals surface area contributed by atoms with Crippen LogP contribution in [-0.4, -0.2) is 6.61 Å². The molecule has 0 spiro atoms. The maximum Gasteiger partial charge on any atom is 0.119 e. The minimum Gasteiger partial charge on any atom is -0.494 e. The predicted molar refractivity (Wildman–Crippen MR) is 98.1 cm³/mol. The van der Waals surface area contributed by atoms with Gasteiger partial charge in [0.1, 0.15) is 5.75 Å². The molecule has 0 saturated heterocycles. The van der Waals surface area contributed by atoms with Crippen molar-refractivity contribution in [2.45, 2.75) is 25.3 Å². The third kappa shape index (κ3) is 2.57. The van der Waals surface area contributed by atoms with Gasteiger partial charge in [0.05, 0.1) is 18.3 Å². The van der Waals surface area contributed by atoms with E-state index < -0.39 is 0 Å². The molecule has 1 heterocycles. The minimum absolute atomic E-state index is 0.330. The first-order valence-corrected chi connectivity index (χ1v) is 9.01. The minimum atomic E-state index is 0.330. The SMILES string of the molecule is CCOc1ccc(C2Nc3c(Br)cccc3C3C=CCC32)cc1. The quantitative estimate of drug-likeness (QED) is 0.703. The first kappa shape index (κ1) is 14.8. The number of halogens is 1. The van der Waals surface area contributed by atoms with Crippen LogP contribution >= 0.6 is 15.9 Å². The van der Waals surface area contributed by atoms with Gasteiger partial charge in [-0.05, 0) is 64.5 Å². The molecule has 1 aliphatic heterocycles. The summed E-state index contributed by atoms with van der Waals surface area (Å²) in [6.45, 7) is 2.72. The van der Waals surface area contributed by atoms with Gasteiger partial charge < -0.3 is 10.1 Å². The van der Waals surface area contributed by atoms with Crippen molar-refractivity contribution in [3.63, 3.8) is 0 Å². The third-order valence-electron chi connectivity index (χ3n) is 4.90. The van der Waals surface area contributed by atoms with E-state index in [1.807, 2.05) is 6.92 Å². The van der Waals surface area contributed by atoms with E-state index in [0.717, 1.165) is 16.6 Å². The summed E-state index contributed by atoms with van der Waals surface area (Å²) in [6.07, 6.45) is 5.83. The first-order valence-electron chi connectivity index (χ1n) is 8.22. The normalized spacial score (nSPS) is 24.7. The Bertz CT molecular complexity index is 738. The van der Waals surface area contributed by atoms with Crippen molar-refractivity contribution in [1.82, 2.24) is 0 Å². The van der Waals surface area contributed by atoms with Gasteiger partial charge in [-0.15, -0.1) is 0 Å². The topological polar surface area (TPSA) is 21.3 Å². The average Bonchev–Trinajstić information content (AvgIpc) is 3.06. The summed E-state index contributed by atoms with van der Waals surface area (Å²) in [5, 5.41) is 3.78. The Balaban J connectivity index is 1.71. The summed E-state index contributed by atoms with van der Waals surface area (Å²) in [7, 11) is 0. The number of para-hydroxylation sites is 1. The molecule has 1 N–H and O–H groups in total. The van der Waals surface area contributed by atoms with E-state index in [-0.39, 0.29) is 0 Å². The molecule has 3 heteroatoms. The van der Waals surface area contributed by atoms with Crippen LogP contribution in [0.2, 0.25) is 0 Å². The van der Waals surface area contributed by atoms with Gasteiger partial charge in [-0.3, -0.25) is 0 Å². The van der Waals surface area contributed by atoms with E-state index >= 15 is 0 Å². The van der Waals surface area contributed by atoms with E-state index in [2.05, 4.69) is 75.9 Å². The Kier molecular flexibility index (Phi) is 3.90. The van der Waals surface area contributed by atoms with Gasteiger partial charge in [-0.1, -0.05) is 36.4 Å². The van der Waals surface area contributed by atoms with Crippen LogP contribution in [0.15, 0.2) is 59.1 Å². The molecule has 0 bridgehead atoms. The van der Waals surface area contributed by atoms with E-state index in [1.165, 1.54) is 16.8 Å². The summed E-state index contributed by atoms with van der Waals surface area (Å²) in [5.74, 6) is 2.02. The van der Waals surface area contributed by atoms with Crippen LogP contribution in [0.25, 0.3) is 0 Å². The third-order valence-corrected chi connectivity index (χ3v) is 5.56. The monoisotopic (exact) mass is 369 g/mol. The summed E-state index contributed by atoms with van der Waals surface area (Å²) in [6, 6.07) is 15.4. The number of allylic oxidation sites excluding steroid dienone is 2. The Hall–Kier alpha value is -1.74. The zero-order valence-corrected chi connectivity index (χ0v) is 14.7. The number of rotatable bonds is 3. The molecular formula is C20H20BrNO. The summed E-state index contributed by atoms with van der Waals surface area (Å²) >= 11 is 3.70. The highest BCUT2D eigenvalue weighted by molar-refractivity contribution is 9.10. The van der Waals surface area contributed by atoms with Crippen molar-refractivity contribution < 1.29 is 4.74 Å². The second-order valence-electron chi connectivity index (χ2n) is 6.18. The highest BCUT2D eigenvalue weighted by Gasteiger charge is 2.38. The molecule has 0 amide bonds. The predicted octanol–water partition coefficient (Wildman–Crippen LogP) is 5.67. The van der Waals surface area contributed by atoms with Crippen LogP contribution in [0.3, 0.4) is 0 Å². The maximum atomic E-state index is 5.57. The number of hydrogen-bond acceptors (Lipinski definition) is 2. The number of anilines is 1. The molecule has 2 aliphatic rings. The lowest BCUT2D eigenvalue weighted by Gasteiger charge is -2.38. The number of benzene rings is 2. The zero-order chi connectivity index (χ0) is 15.8. The fraction of sp³-hybridized carbons (Fsp3) is 0.300. The van der Waals surface area contributed by atoms with Gasteiger partial charge in [0.15, 0.2) is 0 Å². The smallest absolute Gasteiger partial charge is 0.119 e. The fourth-order valence-corrected chi connectivity index (χ4v) is 4.35. The molecule has 2 nitrogen and oxygen atoms in total. The van der Waals surface area contributed by atoms with Crippen molar-refractivity contribution in [1.29, 1.82) is 0 Å². The fourth-order valence-electron chi connectivity index (χ4n) is 3.85. The van der Waals surface area contributed by atoms with Gasteiger partial charge in [-0.2, -0.15) is 0 Å². The molecule has 3 atom stereocenters. The summed E-state index contributed by atoms with van der Waals surface area (Å²) < 4.78 is 6.71. The number of fused-ring (bicyclic) bond motifs is 3. The van der Waals surface area contributed by atoms with E-state index in [4.69, 9.17) is 4.74 Å². The van der Waals surface area contributed by atoms with Gasteiger partial charge >= 0.3 is 0 Å². The second-order valence-corrected chi connectivity index (χ2v) is 7.04. The lowest BCUT2D eigenvalue weighted by molar-refractivity contribution is 0.340. The van der Waals surface area contributed by atoms with Gasteiger partial charge in [0, 0.05) is 10.4 Å². The Labute approximate surface area is 145 Å². The van der Waals surface area contributed by atoms with Crippen LogP contribution in [0, 0.1) is 5.92 Å². The molecule has 0 fully saturated rings. The van der Waals surface area contributed by atoms with Crippen LogP contribution in [0.5, 0.6) is 5.75 Å². The molecular weight excluding hydrogens is 350 g/mol. The van der Waals surface area contributed by atoms with Crippen LogP contribution in [0.1, 0.15) is 36.4 Å². The Morgan fingerprint density at radius 1 is 1.17 bits per heavy atom. The lowest BCUT2D eigenvalue weighted by atomic mass is 9.77. The van der Waals surface area contributed by atoms with E-state index in [9.17, 15) is 0 Å². The number of nitrogens with one attached hydrogen (secondary N) is 1. The number of hydrogen-bond donors (Lipinski definition) is 1. The Morgan fingerprint density at radius 2 is 2.00 bits per heavy atom. The Morgan fingerprint density at radius 3 is 2.78 bits per heavy atom. The molecule has 4 rings (SSSR count). The van der Waals surface area contributed by atoms with Gasteiger partial charge in [0.25, 0.3) is 0 Å². The maximum absolute atomic E-state index is 5.57. The first-order chi connectivity index (χ1) is 11.3. The molecule has 2 aromatic carbocycles. The van der Waals surface area contributed by atoms with E-state index in [0.29, 0.717) is 24.5 Å². The molecule has 2 aromatic rings. The van der Waals surface area contributed by atoms with Crippen molar-refractivity contribution in [3.05, 3.63) is 70.2 Å². The molecule has 3 unspecified atom stereocenters. The van der Waals surface area contributed by atoms with Crippen LogP contribution < -0.4 is 10.1 Å². The molecule has 23 heavy (non-hydrogen) atoms. The summed E-state index contributed by atoms with van der Waals surface area (Å²) in [5.41, 5.74) is 3.97. The summed E-state index contributed by atoms with van der Waals surface area (Å²) in [4.78, 5) is 0. The average molecular weight is 370 g/mol. The largest absolute Gasteiger partial charge is 0.494 e. The lowest BCUT2D eigenvalue weighted by Crippen LogP contribution is -2.29. The van der Waals surface area contributed by atoms with Gasteiger partial charge in [0.2, 0.25) is 0 Å². The van der Waals surface area contributed by atoms with Crippen molar-refractivity contribution in [2.24, 2.45) is 5.92 Å². The zero-order valence-electron chi connectivity index (χ0n) is 13.1. The van der Waals surface area contributed by atoms with Gasteiger partial charge in [-0.25, -0.2) is 0 Å². The molecule has 118 valence electrons. The van der Waals surface area contributed by atoms with Crippen molar-refractivity contribution >= 4 is 21.6 Å². The van der Waals surface area contributed by atoms with Crippen LogP contribution in [-0.2, 0) is 0 Å². The molecule has 0 aromatic heterocycles.